The van der Waals surface area contributed by atoms with Crippen LogP contribution in [0.1, 0.15) is 134 Å². The number of Topliss-reactive ketones (excluding diaryl/α,β-unsaturated/α-hetero) is 1. The molecule has 10 heteroatoms. The maximum absolute atomic E-state index is 13.6. The van der Waals surface area contributed by atoms with Crippen LogP contribution in [-0.4, -0.2) is 56.7 Å². The Hall–Kier alpha value is -2.36. The van der Waals surface area contributed by atoms with Crippen LogP contribution < -0.4 is 0 Å². The van der Waals surface area contributed by atoms with E-state index in [-0.39, 0.29) is 30.7 Å². The topological polar surface area (TPSA) is 136 Å². The Balaban J connectivity index is 3.04. The van der Waals surface area contributed by atoms with Crippen LogP contribution in [0.15, 0.2) is 5.16 Å². The highest BCUT2D eigenvalue weighted by Crippen LogP contribution is 2.34. The van der Waals surface area contributed by atoms with Gasteiger partial charge in [0.1, 0.15) is 17.3 Å². The Bertz CT molecular complexity index is 970. The molecular formula is C31H52N2O7S. The number of ketones is 1. The predicted molar refractivity (Wildman–Crippen MR) is 161 cm³/mol. The van der Waals surface area contributed by atoms with Gasteiger partial charge in [-0.2, -0.15) is 0 Å². The Morgan fingerprint density at radius 1 is 0.951 bits per heavy atom. The van der Waals surface area contributed by atoms with Crippen molar-refractivity contribution < 1.29 is 33.8 Å². The molecule has 1 heterocycles. The molecule has 0 saturated carbocycles. The third-order valence-electron chi connectivity index (χ3n) is 6.97. The average Bonchev–Trinajstić information content (AvgIpc) is 3.26. The molecule has 0 saturated heterocycles. The van der Waals surface area contributed by atoms with Crippen molar-refractivity contribution in [3.05, 3.63) is 11.4 Å². The van der Waals surface area contributed by atoms with Crippen molar-refractivity contribution in [1.82, 2.24) is 9.97 Å². The van der Waals surface area contributed by atoms with E-state index in [1.165, 1.54) is 57.4 Å². The molecule has 41 heavy (non-hydrogen) atoms. The molecule has 2 N–H and O–H groups in total. The minimum absolute atomic E-state index is 0.123. The van der Waals surface area contributed by atoms with Gasteiger partial charge >= 0.3 is 17.9 Å². The van der Waals surface area contributed by atoms with E-state index < -0.39 is 40.6 Å². The van der Waals surface area contributed by atoms with Gasteiger partial charge in [0.15, 0.2) is 10.9 Å². The van der Waals surface area contributed by atoms with E-state index in [1.54, 1.807) is 34.6 Å². The van der Waals surface area contributed by atoms with Gasteiger partial charge in [-0.3, -0.25) is 14.4 Å². The van der Waals surface area contributed by atoms with Gasteiger partial charge < -0.3 is 19.6 Å². The van der Waals surface area contributed by atoms with Crippen molar-refractivity contribution in [2.24, 2.45) is 11.8 Å². The van der Waals surface area contributed by atoms with Gasteiger partial charge in [0.25, 0.3) is 0 Å². The molecule has 1 rings (SSSR count). The molecule has 3 atom stereocenters. The van der Waals surface area contributed by atoms with Crippen LogP contribution >= 0.6 is 11.8 Å². The number of nitrogens with zero attached hydrogens (tertiary/aromatic N) is 1. The van der Waals surface area contributed by atoms with Crippen molar-refractivity contribution in [3.63, 3.8) is 0 Å². The number of hydrogen-bond acceptors (Lipinski definition) is 8. The second-order valence-electron chi connectivity index (χ2n) is 11.9. The molecule has 0 bridgehead atoms. The lowest BCUT2D eigenvalue weighted by Gasteiger charge is -2.28. The van der Waals surface area contributed by atoms with Crippen molar-refractivity contribution in [2.75, 3.05) is 7.11 Å². The Morgan fingerprint density at radius 3 is 2.02 bits per heavy atom. The van der Waals surface area contributed by atoms with Crippen LogP contribution in [0.3, 0.4) is 0 Å². The Labute approximate surface area is 250 Å². The van der Waals surface area contributed by atoms with E-state index in [1.807, 2.05) is 0 Å². The van der Waals surface area contributed by atoms with Crippen molar-refractivity contribution in [1.29, 1.82) is 0 Å². The first-order chi connectivity index (χ1) is 19.3. The summed E-state index contributed by atoms with van der Waals surface area (Å²) >= 11 is 1.17. The van der Waals surface area contributed by atoms with Gasteiger partial charge in [-0.25, -0.2) is 9.78 Å². The van der Waals surface area contributed by atoms with E-state index in [4.69, 9.17) is 9.47 Å². The van der Waals surface area contributed by atoms with E-state index in [0.717, 1.165) is 19.3 Å². The van der Waals surface area contributed by atoms with Crippen LogP contribution in [0.5, 0.6) is 0 Å². The number of thioether (sulfide) groups is 1. The van der Waals surface area contributed by atoms with Gasteiger partial charge in [0.05, 0.1) is 13.0 Å². The van der Waals surface area contributed by atoms with Crippen LogP contribution in [-0.2, 0) is 23.9 Å². The summed E-state index contributed by atoms with van der Waals surface area (Å²) in [4.78, 5) is 58.1. The number of carbonyl (C=O) groups excluding carboxylic acids is 3. The molecule has 0 aliphatic rings. The first-order valence-electron chi connectivity index (χ1n) is 15.1. The first kappa shape index (κ1) is 36.7. The number of aromatic amines is 1. The summed E-state index contributed by atoms with van der Waals surface area (Å²) in [5.74, 6) is -4.12. The predicted octanol–water partition coefficient (Wildman–Crippen LogP) is 7.30. The third kappa shape index (κ3) is 14.4. The van der Waals surface area contributed by atoms with Gasteiger partial charge in [-0.05, 0) is 47.0 Å². The molecule has 3 unspecified atom stereocenters. The molecule has 1 aromatic heterocycles. The zero-order chi connectivity index (χ0) is 31.0. The fraction of sp³-hybridized carbons (Fsp3) is 0.774. The maximum Gasteiger partial charge on any atom is 0.358 e. The molecule has 0 aliphatic heterocycles. The molecule has 1 aromatic rings. The number of imidazole rings is 1. The first-order valence-corrected chi connectivity index (χ1v) is 16.0. The lowest BCUT2D eigenvalue weighted by molar-refractivity contribution is -0.162. The SMILES string of the molecule is CCCCCCCCCCCCC(=O)C(C(=O)OC(C)(C)C)C(CCC(C)C(=O)O)Sc1nc(C(=O)OC)c(C)[nH]1. The molecule has 0 aliphatic carbocycles. The number of rotatable bonds is 21. The Morgan fingerprint density at radius 2 is 1.51 bits per heavy atom. The highest BCUT2D eigenvalue weighted by molar-refractivity contribution is 7.99. The molecule has 0 spiro atoms. The van der Waals surface area contributed by atoms with Gasteiger partial charge in [0, 0.05) is 17.4 Å². The summed E-state index contributed by atoms with van der Waals surface area (Å²) < 4.78 is 10.5. The number of nitrogens with one attached hydrogen (secondary N) is 1. The number of esters is 2. The van der Waals surface area contributed by atoms with Crippen LogP contribution in [0, 0.1) is 18.8 Å². The number of aromatic nitrogens is 2. The molecule has 0 amide bonds. The van der Waals surface area contributed by atoms with E-state index >= 15 is 0 Å². The van der Waals surface area contributed by atoms with Crippen LogP contribution in [0.2, 0.25) is 0 Å². The molecule has 9 nitrogen and oxygen atoms in total. The number of carboxylic acids is 1. The number of methoxy groups -OCH3 is 1. The summed E-state index contributed by atoms with van der Waals surface area (Å²) in [5, 5.41) is 9.18. The van der Waals surface area contributed by atoms with E-state index in [9.17, 15) is 24.3 Å². The normalized spacial score (nSPS) is 13.8. The number of ether oxygens (including phenoxy) is 2. The van der Waals surface area contributed by atoms with Crippen LogP contribution in [0.4, 0.5) is 0 Å². The van der Waals surface area contributed by atoms with Crippen molar-refractivity contribution in [3.8, 4) is 0 Å². The number of hydrogen-bond donors (Lipinski definition) is 2. The zero-order valence-electron chi connectivity index (χ0n) is 26.2. The number of unbranched alkanes of at least 4 members (excludes halogenated alkanes) is 9. The summed E-state index contributed by atoms with van der Waals surface area (Å²) in [6.07, 6.45) is 12.1. The number of carbonyl (C=O) groups is 4. The number of H-pyrrole nitrogens is 1. The molecule has 0 radical (unpaired) electrons. The van der Waals surface area contributed by atoms with Crippen molar-refractivity contribution >= 4 is 35.5 Å². The summed E-state index contributed by atoms with van der Waals surface area (Å²) in [6.45, 7) is 10.8. The fourth-order valence-electron chi connectivity index (χ4n) is 4.56. The van der Waals surface area contributed by atoms with Gasteiger partial charge in [-0.1, -0.05) is 83.4 Å². The lowest BCUT2D eigenvalue weighted by atomic mass is 9.91. The number of aryl methyl sites for hydroxylation is 1. The van der Waals surface area contributed by atoms with Crippen molar-refractivity contribution in [2.45, 2.75) is 141 Å². The molecule has 0 fully saturated rings. The minimum Gasteiger partial charge on any atom is -0.481 e. The van der Waals surface area contributed by atoms with Gasteiger partial charge in [0.2, 0.25) is 0 Å². The molecular weight excluding hydrogens is 544 g/mol. The minimum atomic E-state index is -1.09. The highest BCUT2D eigenvalue weighted by Gasteiger charge is 2.39. The summed E-state index contributed by atoms with van der Waals surface area (Å²) in [7, 11) is 1.27. The molecule has 0 aromatic carbocycles. The molecule has 234 valence electrons. The fourth-order valence-corrected chi connectivity index (χ4v) is 5.85. The third-order valence-corrected chi connectivity index (χ3v) is 8.19. The summed E-state index contributed by atoms with van der Waals surface area (Å²) in [5.41, 5.74) is -0.170. The van der Waals surface area contributed by atoms with E-state index in [0.29, 0.717) is 17.3 Å². The average molecular weight is 597 g/mol. The quantitative estimate of drug-likeness (QED) is 0.0648. The number of aliphatic carboxylic acids is 1. The monoisotopic (exact) mass is 596 g/mol. The second-order valence-corrected chi connectivity index (χ2v) is 13.1. The lowest BCUT2D eigenvalue weighted by Crippen LogP contribution is -2.39. The second kappa shape index (κ2) is 18.9. The van der Waals surface area contributed by atoms with E-state index in [2.05, 4.69) is 16.9 Å². The standard InChI is InChI=1S/C31H52N2O7S/c1-8-9-10-11-12-13-14-15-16-17-18-23(34)25(28(37)40-31(4,5)6)24(20-19-21(2)27(35)36)41-30-32-22(3)26(33-30)29(38)39-7/h21,24-25H,8-20H2,1-7H3,(H,32,33)(H,35,36). The summed E-state index contributed by atoms with van der Waals surface area (Å²) in [6, 6.07) is 0. The van der Waals surface area contributed by atoms with Crippen LogP contribution in [0.25, 0.3) is 0 Å². The maximum atomic E-state index is 13.6. The Kier molecular flexibility index (Phi) is 16.9. The smallest absolute Gasteiger partial charge is 0.358 e. The largest absolute Gasteiger partial charge is 0.481 e. The number of carboxylic acid groups (broad SMARTS) is 1. The van der Waals surface area contributed by atoms with Gasteiger partial charge in [-0.15, -0.1) is 0 Å². The highest BCUT2D eigenvalue weighted by atomic mass is 32.2. The zero-order valence-corrected chi connectivity index (χ0v) is 27.0.